The number of thiazole rings is 1. The summed E-state index contributed by atoms with van der Waals surface area (Å²) < 4.78 is 10.9. The highest BCUT2D eigenvalue weighted by Crippen LogP contribution is 2.36. The van der Waals surface area contributed by atoms with Crippen LogP contribution in [0.5, 0.6) is 11.5 Å². The lowest BCUT2D eigenvalue weighted by Gasteiger charge is -2.22. The molecule has 5 rings (SSSR count). The van der Waals surface area contributed by atoms with Crippen LogP contribution in [-0.4, -0.2) is 39.6 Å². The summed E-state index contributed by atoms with van der Waals surface area (Å²) in [6.07, 6.45) is 1.16. The Balaban J connectivity index is 1.47. The molecular formula is C23H20N4O4S. The fourth-order valence-corrected chi connectivity index (χ4v) is 4.94. The van der Waals surface area contributed by atoms with E-state index in [0.717, 1.165) is 12.8 Å². The minimum Gasteiger partial charge on any atom is -0.496 e. The molecule has 3 heterocycles. The Hall–Kier alpha value is -3.72. The number of rotatable bonds is 4. The molecule has 1 atom stereocenters. The molecule has 1 aliphatic heterocycles. The first-order valence-electron chi connectivity index (χ1n) is 10.2. The fourth-order valence-electron chi connectivity index (χ4n) is 3.85. The van der Waals surface area contributed by atoms with E-state index in [1.165, 1.54) is 11.3 Å². The van der Waals surface area contributed by atoms with Crippen molar-refractivity contribution in [3.05, 3.63) is 70.0 Å². The van der Waals surface area contributed by atoms with Crippen molar-refractivity contribution in [2.24, 2.45) is 0 Å². The standard InChI is InChI=1S/C23H20N4O4S/c1-30-17-12-6-5-10-15(17)19-25-20(28)18-22(26-19)32-21(24-18)16-11-7-13-27(16)23(29)31-14-8-3-2-4-9-14/h2-6,8-10,12,16H,7,11,13H2,1H3,(H,25,26,28)/t16-/m1/s1. The van der Waals surface area contributed by atoms with Crippen LogP contribution >= 0.6 is 11.3 Å². The topological polar surface area (TPSA) is 97.4 Å². The van der Waals surface area contributed by atoms with E-state index in [4.69, 9.17) is 9.47 Å². The van der Waals surface area contributed by atoms with E-state index in [1.54, 1.807) is 24.1 Å². The number of aromatic nitrogens is 3. The van der Waals surface area contributed by atoms with Gasteiger partial charge in [0.25, 0.3) is 5.56 Å². The number of hydrogen-bond donors (Lipinski definition) is 1. The van der Waals surface area contributed by atoms with E-state index >= 15 is 0 Å². The third kappa shape index (κ3) is 3.71. The fraction of sp³-hybridized carbons (Fsp3) is 0.217. The number of methoxy groups -OCH3 is 1. The van der Waals surface area contributed by atoms with Gasteiger partial charge in [-0.25, -0.2) is 14.8 Å². The normalized spacial score (nSPS) is 15.8. The molecule has 1 saturated heterocycles. The molecule has 0 saturated carbocycles. The van der Waals surface area contributed by atoms with Crippen LogP contribution in [0.3, 0.4) is 0 Å². The molecule has 0 unspecified atom stereocenters. The van der Waals surface area contributed by atoms with Gasteiger partial charge in [-0.3, -0.25) is 9.69 Å². The highest BCUT2D eigenvalue weighted by molar-refractivity contribution is 7.18. The summed E-state index contributed by atoms with van der Waals surface area (Å²) in [5.41, 5.74) is 0.639. The maximum atomic E-state index is 12.8. The number of benzene rings is 2. The number of ether oxygens (including phenoxy) is 2. The summed E-state index contributed by atoms with van der Waals surface area (Å²) in [7, 11) is 1.57. The second kappa shape index (κ2) is 8.43. The van der Waals surface area contributed by atoms with Crippen molar-refractivity contribution in [3.8, 4) is 22.9 Å². The zero-order chi connectivity index (χ0) is 22.1. The van der Waals surface area contributed by atoms with Gasteiger partial charge in [-0.05, 0) is 37.1 Å². The monoisotopic (exact) mass is 448 g/mol. The summed E-state index contributed by atoms with van der Waals surface area (Å²) in [5, 5.41) is 0.678. The van der Waals surface area contributed by atoms with E-state index in [-0.39, 0.29) is 17.1 Å². The third-order valence-corrected chi connectivity index (χ3v) is 6.42. The summed E-state index contributed by atoms with van der Waals surface area (Å²) in [5.74, 6) is 1.53. The molecule has 2 aromatic carbocycles. The lowest BCUT2D eigenvalue weighted by molar-refractivity contribution is 0.147. The third-order valence-electron chi connectivity index (χ3n) is 5.37. The number of carbonyl (C=O) groups is 1. The number of aromatic amines is 1. The predicted octanol–water partition coefficient (Wildman–Crippen LogP) is 4.39. The van der Waals surface area contributed by atoms with Crippen LogP contribution in [0.4, 0.5) is 4.79 Å². The molecule has 0 bridgehead atoms. The number of para-hydroxylation sites is 2. The Morgan fingerprint density at radius 1 is 1.12 bits per heavy atom. The number of hydrogen-bond acceptors (Lipinski definition) is 7. The van der Waals surface area contributed by atoms with Crippen molar-refractivity contribution in [2.75, 3.05) is 13.7 Å². The highest BCUT2D eigenvalue weighted by atomic mass is 32.1. The van der Waals surface area contributed by atoms with Gasteiger partial charge < -0.3 is 14.5 Å². The van der Waals surface area contributed by atoms with Crippen molar-refractivity contribution < 1.29 is 14.3 Å². The van der Waals surface area contributed by atoms with Crippen LogP contribution in [0.1, 0.15) is 23.9 Å². The lowest BCUT2D eigenvalue weighted by Crippen LogP contribution is -2.33. The Bertz CT molecular complexity index is 1330. The van der Waals surface area contributed by atoms with Crippen LogP contribution in [0.25, 0.3) is 21.7 Å². The molecule has 0 spiro atoms. The van der Waals surface area contributed by atoms with Gasteiger partial charge in [-0.2, -0.15) is 0 Å². The van der Waals surface area contributed by atoms with Crippen LogP contribution in [0, 0.1) is 0 Å². The molecule has 0 radical (unpaired) electrons. The summed E-state index contributed by atoms with van der Waals surface area (Å²) in [6, 6.07) is 16.1. The minimum absolute atomic E-state index is 0.250. The predicted molar refractivity (Wildman–Crippen MR) is 121 cm³/mol. The first kappa shape index (κ1) is 20.2. The largest absolute Gasteiger partial charge is 0.496 e. The molecule has 4 aromatic rings. The number of nitrogens with one attached hydrogen (secondary N) is 1. The van der Waals surface area contributed by atoms with E-state index in [1.807, 2.05) is 42.5 Å². The van der Waals surface area contributed by atoms with E-state index in [0.29, 0.717) is 39.3 Å². The van der Waals surface area contributed by atoms with Crippen molar-refractivity contribution in [1.82, 2.24) is 19.9 Å². The number of nitrogens with zero attached hydrogens (tertiary/aromatic N) is 3. The number of fused-ring (bicyclic) bond motifs is 1. The first-order valence-corrected chi connectivity index (χ1v) is 11.0. The van der Waals surface area contributed by atoms with Gasteiger partial charge in [0.05, 0.1) is 18.7 Å². The molecule has 1 amide bonds. The van der Waals surface area contributed by atoms with Gasteiger partial charge in [0.1, 0.15) is 22.3 Å². The van der Waals surface area contributed by atoms with Gasteiger partial charge in [0.2, 0.25) is 0 Å². The van der Waals surface area contributed by atoms with Gasteiger partial charge >= 0.3 is 6.09 Å². The van der Waals surface area contributed by atoms with E-state index in [9.17, 15) is 9.59 Å². The summed E-state index contributed by atoms with van der Waals surface area (Å²) in [4.78, 5) is 39.7. The molecule has 0 aliphatic carbocycles. The van der Waals surface area contributed by atoms with Crippen LogP contribution in [-0.2, 0) is 0 Å². The Morgan fingerprint density at radius 3 is 2.72 bits per heavy atom. The zero-order valence-corrected chi connectivity index (χ0v) is 18.1. The Kier molecular flexibility index (Phi) is 5.32. The minimum atomic E-state index is -0.422. The van der Waals surface area contributed by atoms with Gasteiger partial charge in [-0.1, -0.05) is 41.7 Å². The molecule has 32 heavy (non-hydrogen) atoms. The van der Waals surface area contributed by atoms with Crippen LogP contribution < -0.4 is 15.0 Å². The number of likely N-dealkylation sites (tertiary alicyclic amines) is 1. The first-order chi connectivity index (χ1) is 15.6. The quantitative estimate of drug-likeness (QED) is 0.497. The molecule has 2 aromatic heterocycles. The van der Waals surface area contributed by atoms with Crippen LogP contribution in [0.15, 0.2) is 59.4 Å². The van der Waals surface area contributed by atoms with Crippen molar-refractivity contribution in [1.29, 1.82) is 0 Å². The summed E-state index contributed by atoms with van der Waals surface area (Å²) in [6.45, 7) is 0.572. The van der Waals surface area contributed by atoms with Crippen molar-refractivity contribution in [3.63, 3.8) is 0 Å². The second-order valence-electron chi connectivity index (χ2n) is 7.35. The molecule has 162 valence electrons. The molecule has 9 heteroatoms. The molecule has 1 fully saturated rings. The average Bonchev–Trinajstić information content (AvgIpc) is 3.47. The van der Waals surface area contributed by atoms with Gasteiger partial charge in [0, 0.05) is 6.54 Å². The Morgan fingerprint density at radius 2 is 1.91 bits per heavy atom. The Labute approximate surface area is 187 Å². The smallest absolute Gasteiger partial charge is 0.415 e. The van der Waals surface area contributed by atoms with Crippen LogP contribution in [0.2, 0.25) is 0 Å². The van der Waals surface area contributed by atoms with Gasteiger partial charge in [0.15, 0.2) is 10.3 Å². The molecule has 1 aliphatic rings. The average molecular weight is 449 g/mol. The maximum Gasteiger partial charge on any atom is 0.415 e. The van der Waals surface area contributed by atoms with Crippen molar-refractivity contribution in [2.45, 2.75) is 18.9 Å². The number of amides is 1. The summed E-state index contributed by atoms with van der Waals surface area (Å²) >= 11 is 1.33. The molecular weight excluding hydrogens is 428 g/mol. The lowest BCUT2D eigenvalue weighted by atomic mass is 10.2. The van der Waals surface area contributed by atoms with Crippen molar-refractivity contribution >= 4 is 27.8 Å². The van der Waals surface area contributed by atoms with E-state index < -0.39 is 6.09 Å². The van der Waals surface area contributed by atoms with Gasteiger partial charge in [-0.15, -0.1) is 0 Å². The number of carbonyl (C=O) groups excluding carboxylic acids is 1. The van der Waals surface area contributed by atoms with E-state index in [2.05, 4.69) is 15.0 Å². The second-order valence-corrected chi connectivity index (χ2v) is 8.36. The molecule has 8 nitrogen and oxygen atoms in total. The molecule has 1 N–H and O–H groups in total. The highest BCUT2D eigenvalue weighted by Gasteiger charge is 2.34. The maximum absolute atomic E-state index is 12.8. The SMILES string of the molecule is COc1ccccc1-c1nc2sc([C@H]3CCCN3C(=O)Oc3ccccc3)nc2c(=O)[nH]1. The zero-order valence-electron chi connectivity index (χ0n) is 17.3. The number of H-pyrrole nitrogens is 1.